The highest BCUT2D eigenvalue weighted by Crippen LogP contribution is 2.30. The Kier molecular flexibility index (Phi) is 3.33. The molecule has 0 bridgehead atoms. The zero-order valence-electron chi connectivity index (χ0n) is 11.8. The van der Waals surface area contributed by atoms with Gasteiger partial charge in [0, 0.05) is 0 Å². The molecule has 21 heavy (non-hydrogen) atoms. The monoisotopic (exact) mass is 276 g/mol. The third kappa shape index (κ3) is 2.23. The fourth-order valence-corrected chi connectivity index (χ4v) is 2.75. The number of hydrogen-bond acceptors (Lipinski definition) is 3. The Morgan fingerprint density at radius 2 is 2.00 bits per heavy atom. The molecule has 0 spiro atoms. The molecule has 0 aliphatic heterocycles. The smallest absolute Gasteiger partial charge is 0.201 e. The number of aromatic nitrogens is 2. The van der Waals surface area contributed by atoms with Crippen LogP contribution in [0.25, 0.3) is 11.0 Å². The summed E-state index contributed by atoms with van der Waals surface area (Å²) in [4.78, 5) is 4.41. The van der Waals surface area contributed by atoms with Gasteiger partial charge >= 0.3 is 0 Å². The first-order valence-corrected chi connectivity index (χ1v) is 6.97. The first-order valence-electron chi connectivity index (χ1n) is 6.97. The second kappa shape index (κ2) is 5.29. The van der Waals surface area contributed by atoms with Gasteiger partial charge < -0.3 is 10.3 Å². The average molecular weight is 276 g/mol. The maximum absolute atomic E-state index is 9.10. The Morgan fingerprint density at radius 3 is 2.67 bits per heavy atom. The Hall–Kier alpha value is -2.80. The Morgan fingerprint density at radius 1 is 1.24 bits per heavy atom. The molecule has 4 nitrogen and oxygen atoms in total. The van der Waals surface area contributed by atoms with Crippen LogP contribution < -0.4 is 5.73 Å². The van der Waals surface area contributed by atoms with Crippen LogP contribution in [-0.2, 0) is 0 Å². The Balaban J connectivity index is 2.23. The van der Waals surface area contributed by atoms with Crippen LogP contribution in [0.2, 0.25) is 0 Å². The molecule has 1 atom stereocenters. The minimum Gasteiger partial charge on any atom is -0.369 e. The quantitative estimate of drug-likeness (QED) is 0.796. The normalized spacial score (nSPS) is 12.2. The number of nitrogen functional groups attached to an aromatic ring is 1. The van der Waals surface area contributed by atoms with Gasteiger partial charge in [0.2, 0.25) is 5.95 Å². The SMILES string of the molecule is CCC(c1ccccc1)n1c(N)nc2ccc(C#N)cc21. The molecular formula is C17H16N4. The summed E-state index contributed by atoms with van der Waals surface area (Å²) in [6.07, 6.45) is 0.899. The van der Waals surface area contributed by atoms with Gasteiger partial charge in [-0.25, -0.2) is 4.98 Å². The highest BCUT2D eigenvalue weighted by Gasteiger charge is 2.18. The molecule has 1 unspecified atom stereocenters. The van der Waals surface area contributed by atoms with E-state index in [1.54, 1.807) is 6.07 Å². The van der Waals surface area contributed by atoms with Gasteiger partial charge in [-0.2, -0.15) is 5.26 Å². The van der Waals surface area contributed by atoms with Crippen molar-refractivity contribution >= 4 is 17.0 Å². The number of rotatable bonds is 3. The van der Waals surface area contributed by atoms with Crippen LogP contribution in [0.5, 0.6) is 0 Å². The molecule has 0 radical (unpaired) electrons. The lowest BCUT2D eigenvalue weighted by Gasteiger charge is -2.19. The summed E-state index contributed by atoms with van der Waals surface area (Å²) < 4.78 is 2.02. The number of nitrogens with zero attached hydrogens (tertiary/aromatic N) is 3. The first-order chi connectivity index (χ1) is 10.2. The average Bonchev–Trinajstić information content (AvgIpc) is 2.85. The number of imidazole rings is 1. The van der Waals surface area contributed by atoms with E-state index >= 15 is 0 Å². The van der Waals surface area contributed by atoms with Crippen LogP contribution in [0, 0.1) is 11.3 Å². The van der Waals surface area contributed by atoms with Crippen molar-refractivity contribution < 1.29 is 0 Å². The minimum atomic E-state index is 0.116. The third-order valence-electron chi connectivity index (χ3n) is 3.73. The summed E-state index contributed by atoms with van der Waals surface area (Å²) in [5.41, 5.74) is 9.66. The summed E-state index contributed by atoms with van der Waals surface area (Å²) in [6.45, 7) is 2.12. The highest BCUT2D eigenvalue weighted by atomic mass is 15.2. The molecular weight excluding hydrogens is 260 g/mol. The van der Waals surface area contributed by atoms with E-state index in [0.29, 0.717) is 11.5 Å². The van der Waals surface area contributed by atoms with Gasteiger partial charge in [-0.05, 0) is 30.2 Å². The van der Waals surface area contributed by atoms with Crippen LogP contribution in [0.3, 0.4) is 0 Å². The molecule has 2 N–H and O–H groups in total. The first kappa shape index (κ1) is 13.2. The zero-order chi connectivity index (χ0) is 14.8. The van der Waals surface area contributed by atoms with Gasteiger partial charge in [0.1, 0.15) is 0 Å². The molecule has 2 aromatic carbocycles. The topological polar surface area (TPSA) is 67.6 Å². The molecule has 104 valence electrons. The summed E-state index contributed by atoms with van der Waals surface area (Å²) >= 11 is 0. The lowest BCUT2D eigenvalue weighted by Crippen LogP contribution is -2.12. The number of hydrogen-bond donors (Lipinski definition) is 1. The molecule has 0 saturated heterocycles. The van der Waals surface area contributed by atoms with Gasteiger partial charge in [0.05, 0.1) is 28.7 Å². The summed E-state index contributed by atoms with van der Waals surface area (Å²) in [5.74, 6) is 0.482. The van der Waals surface area contributed by atoms with Crippen LogP contribution >= 0.6 is 0 Å². The van der Waals surface area contributed by atoms with Crippen LogP contribution in [0.1, 0.15) is 30.5 Å². The molecule has 0 amide bonds. The molecule has 4 heteroatoms. The molecule has 0 aliphatic rings. The summed E-state index contributed by atoms with van der Waals surface area (Å²) in [6, 6.07) is 18.0. The lowest BCUT2D eigenvalue weighted by molar-refractivity contribution is 0.589. The number of nitriles is 1. The maximum Gasteiger partial charge on any atom is 0.201 e. The van der Waals surface area contributed by atoms with Crippen molar-refractivity contribution in [2.75, 3.05) is 5.73 Å². The highest BCUT2D eigenvalue weighted by molar-refractivity contribution is 5.80. The molecule has 1 heterocycles. The van der Waals surface area contributed by atoms with E-state index in [1.165, 1.54) is 5.56 Å². The van der Waals surface area contributed by atoms with Crippen molar-refractivity contribution in [3.63, 3.8) is 0 Å². The summed E-state index contributed by atoms with van der Waals surface area (Å²) in [5, 5.41) is 9.10. The van der Waals surface area contributed by atoms with Crippen LogP contribution in [0.15, 0.2) is 48.5 Å². The Bertz CT molecular complexity index is 812. The molecule has 0 saturated carbocycles. The fourth-order valence-electron chi connectivity index (χ4n) is 2.75. The van der Waals surface area contributed by atoms with Gasteiger partial charge in [0.15, 0.2) is 0 Å². The standard InChI is InChI=1S/C17H16N4/c1-2-15(13-6-4-3-5-7-13)21-16-10-12(11-18)8-9-14(16)20-17(21)19/h3-10,15H,2H2,1H3,(H2,19,20). The van der Waals surface area contributed by atoms with Crippen LogP contribution in [0.4, 0.5) is 5.95 Å². The van der Waals surface area contributed by atoms with Crippen molar-refractivity contribution in [2.45, 2.75) is 19.4 Å². The second-order valence-corrected chi connectivity index (χ2v) is 4.99. The molecule has 1 aromatic heterocycles. The second-order valence-electron chi connectivity index (χ2n) is 4.99. The van der Waals surface area contributed by atoms with E-state index in [9.17, 15) is 0 Å². The van der Waals surface area contributed by atoms with E-state index in [2.05, 4.69) is 30.1 Å². The van der Waals surface area contributed by atoms with Gasteiger partial charge in [-0.15, -0.1) is 0 Å². The van der Waals surface area contributed by atoms with E-state index in [1.807, 2.05) is 34.9 Å². The Labute approximate surface area is 123 Å². The largest absolute Gasteiger partial charge is 0.369 e. The van der Waals surface area contributed by atoms with Crippen molar-refractivity contribution in [3.05, 3.63) is 59.7 Å². The van der Waals surface area contributed by atoms with E-state index in [0.717, 1.165) is 17.5 Å². The van der Waals surface area contributed by atoms with Crippen LogP contribution in [-0.4, -0.2) is 9.55 Å². The maximum atomic E-state index is 9.10. The van der Waals surface area contributed by atoms with Crippen molar-refractivity contribution in [1.82, 2.24) is 9.55 Å². The number of benzene rings is 2. The predicted molar refractivity (Wildman–Crippen MR) is 83.7 cm³/mol. The lowest BCUT2D eigenvalue weighted by atomic mass is 10.0. The van der Waals surface area contributed by atoms with E-state index in [4.69, 9.17) is 11.0 Å². The third-order valence-corrected chi connectivity index (χ3v) is 3.73. The molecule has 0 aliphatic carbocycles. The van der Waals surface area contributed by atoms with E-state index in [-0.39, 0.29) is 6.04 Å². The van der Waals surface area contributed by atoms with Crippen molar-refractivity contribution in [3.8, 4) is 6.07 Å². The van der Waals surface area contributed by atoms with Gasteiger partial charge in [-0.3, -0.25) is 0 Å². The zero-order valence-corrected chi connectivity index (χ0v) is 11.8. The van der Waals surface area contributed by atoms with Crippen molar-refractivity contribution in [2.24, 2.45) is 0 Å². The predicted octanol–water partition coefficient (Wildman–Crippen LogP) is 3.49. The van der Waals surface area contributed by atoms with Gasteiger partial charge in [-0.1, -0.05) is 37.3 Å². The number of anilines is 1. The van der Waals surface area contributed by atoms with Gasteiger partial charge in [0.25, 0.3) is 0 Å². The number of fused-ring (bicyclic) bond motifs is 1. The molecule has 0 fully saturated rings. The number of nitrogens with two attached hydrogens (primary N) is 1. The van der Waals surface area contributed by atoms with E-state index < -0.39 is 0 Å². The minimum absolute atomic E-state index is 0.116. The van der Waals surface area contributed by atoms with Crippen molar-refractivity contribution in [1.29, 1.82) is 5.26 Å². The molecule has 3 aromatic rings. The fraction of sp³-hybridized carbons (Fsp3) is 0.176. The molecule has 3 rings (SSSR count). The summed E-state index contributed by atoms with van der Waals surface area (Å²) in [7, 11) is 0.